The normalized spacial score (nSPS) is 14.4. The Kier molecular flexibility index (Phi) is 2.61. The van der Waals surface area contributed by atoms with Gasteiger partial charge in [0.1, 0.15) is 5.75 Å². The number of hydrogen-bond donors (Lipinski definition) is 2. The van der Waals surface area contributed by atoms with Crippen LogP contribution in [-0.4, -0.2) is 18.6 Å². The average molecular weight is 228 g/mol. The predicted octanol–water partition coefficient (Wildman–Crippen LogP) is 2.34. The van der Waals surface area contributed by atoms with E-state index in [0.29, 0.717) is 0 Å². The Labute approximate surface area is 101 Å². The molecular formula is C14H16N2O. The molecule has 0 radical (unpaired) electrons. The van der Waals surface area contributed by atoms with Crippen molar-refractivity contribution in [2.24, 2.45) is 0 Å². The van der Waals surface area contributed by atoms with E-state index in [1.54, 1.807) is 7.11 Å². The van der Waals surface area contributed by atoms with Crippen LogP contribution in [0.1, 0.15) is 11.3 Å². The second kappa shape index (κ2) is 4.26. The third-order valence-corrected chi connectivity index (χ3v) is 3.27. The van der Waals surface area contributed by atoms with Crippen molar-refractivity contribution in [1.29, 1.82) is 0 Å². The van der Waals surface area contributed by atoms with Crippen molar-refractivity contribution >= 4 is 0 Å². The summed E-state index contributed by atoms with van der Waals surface area (Å²) in [6, 6.07) is 10.4. The molecule has 0 fully saturated rings. The Morgan fingerprint density at radius 3 is 2.71 bits per heavy atom. The molecule has 0 unspecified atom stereocenters. The lowest BCUT2D eigenvalue weighted by Gasteiger charge is -2.11. The Morgan fingerprint density at radius 2 is 2.00 bits per heavy atom. The number of ether oxygens (including phenoxy) is 1. The van der Waals surface area contributed by atoms with E-state index in [2.05, 4.69) is 28.5 Å². The molecule has 88 valence electrons. The minimum Gasteiger partial charge on any atom is -0.497 e. The first-order valence-electron chi connectivity index (χ1n) is 5.93. The van der Waals surface area contributed by atoms with Crippen LogP contribution in [0.4, 0.5) is 0 Å². The highest BCUT2D eigenvalue weighted by atomic mass is 16.5. The molecule has 2 heterocycles. The average Bonchev–Trinajstić information content (AvgIpc) is 2.82. The molecule has 1 aliphatic heterocycles. The Bertz CT molecular complexity index is 490. The van der Waals surface area contributed by atoms with Crippen LogP contribution in [0.3, 0.4) is 0 Å². The third kappa shape index (κ3) is 1.94. The highest BCUT2D eigenvalue weighted by Crippen LogP contribution is 2.25. The van der Waals surface area contributed by atoms with Crippen molar-refractivity contribution in [3.05, 3.63) is 41.6 Å². The Morgan fingerprint density at radius 1 is 1.18 bits per heavy atom. The van der Waals surface area contributed by atoms with Crippen LogP contribution in [0.15, 0.2) is 30.3 Å². The molecule has 2 N–H and O–H groups in total. The molecule has 0 bridgehead atoms. The molecule has 0 atom stereocenters. The van der Waals surface area contributed by atoms with E-state index in [0.717, 1.165) is 25.3 Å². The van der Waals surface area contributed by atoms with Crippen LogP contribution in [-0.2, 0) is 13.0 Å². The molecule has 1 aromatic heterocycles. The van der Waals surface area contributed by atoms with E-state index in [1.165, 1.54) is 22.5 Å². The second-order valence-corrected chi connectivity index (χ2v) is 4.34. The number of rotatable bonds is 2. The largest absolute Gasteiger partial charge is 0.497 e. The summed E-state index contributed by atoms with van der Waals surface area (Å²) >= 11 is 0. The summed E-state index contributed by atoms with van der Waals surface area (Å²) in [6.07, 6.45) is 1.11. The highest BCUT2D eigenvalue weighted by Gasteiger charge is 2.12. The summed E-state index contributed by atoms with van der Waals surface area (Å²) in [6.45, 7) is 2.03. The molecule has 3 heteroatoms. The number of aromatic nitrogens is 1. The number of hydrogen-bond acceptors (Lipinski definition) is 2. The highest BCUT2D eigenvalue weighted by molar-refractivity contribution is 5.62. The van der Waals surface area contributed by atoms with Gasteiger partial charge in [0.2, 0.25) is 0 Å². The standard InChI is InChI=1S/C14H16N2O/c1-17-12-4-2-10(3-5-12)13-8-11-6-7-15-9-14(11)16-13/h2-5,8,15-16H,6-7,9H2,1H3. The first-order chi connectivity index (χ1) is 8.36. The van der Waals surface area contributed by atoms with Gasteiger partial charge in [0, 0.05) is 17.9 Å². The monoisotopic (exact) mass is 228 g/mol. The zero-order valence-corrected chi connectivity index (χ0v) is 9.92. The van der Waals surface area contributed by atoms with Gasteiger partial charge in [-0.3, -0.25) is 0 Å². The van der Waals surface area contributed by atoms with Crippen molar-refractivity contribution in [2.45, 2.75) is 13.0 Å². The first-order valence-corrected chi connectivity index (χ1v) is 5.93. The number of fused-ring (bicyclic) bond motifs is 1. The van der Waals surface area contributed by atoms with Crippen LogP contribution in [0.5, 0.6) is 5.75 Å². The van der Waals surface area contributed by atoms with Gasteiger partial charge in [0.05, 0.1) is 7.11 Å². The van der Waals surface area contributed by atoms with Gasteiger partial charge in [-0.1, -0.05) is 0 Å². The summed E-state index contributed by atoms with van der Waals surface area (Å²) < 4.78 is 5.17. The maximum atomic E-state index is 5.17. The Balaban J connectivity index is 1.94. The van der Waals surface area contributed by atoms with Crippen LogP contribution in [0.2, 0.25) is 0 Å². The Hall–Kier alpha value is -1.74. The molecule has 1 aliphatic rings. The van der Waals surface area contributed by atoms with E-state index >= 15 is 0 Å². The van der Waals surface area contributed by atoms with E-state index < -0.39 is 0 Å². The lowest BCUT2D eigenvalue weighted by Crippen LogP contribution is -2.22. The molecule has 2 aromatic rings. The molecule has 1 aromatic carbocycles. The number of aromatic amines is 1. The fourth-order valence-corrected chi connectivity index (χ4v) is 2.28. The van der Waals surface area contributed by atoms with E-state index in [9.17, 15) is 0 Å². The molecule has 0 amide bonds. The molecular weight excluding hydrogens is 212 g/mol. The zero-order valence-electron chi connectivity index (χ0n) is 9.92. The predicted molar refractivity (Wildman–Crippen MR) is 68.2 cm³/mol. The summed E-state index contributed by atoms with van der Waals surface area (Å²) in [7, 11) is 1.69. The topological polar surface area (TPSA) is 37.0 Å². The minimum absolute atomic E-state index is 0.895. The smallest absolute Gasteiger partial charge is 0.118 e. The van der Waals surface area contributed by atoms with Gasteiger partial charge in [0.15, 0.2) is 0 Å². The van der Waals surface area contributed by atoms with Gasteiger partial charge in [-0.25, -0.2) is 0 Å². The second-order valence-electron chi connectivity index (χ2n) is 4.34. The summed E-state index contributed by atoms with van der Waals surface area (Å²) in [5.74, 6) is 0.895. The lowest BCUT2D eigenvalue weighted by molar-refractivity contribution is 0.415. The van der Waals surface area contributed by atoms with Crippen LogP contribution < -0.4 is 10.1 Å². The van der Waals surface area contributed by atoms with Crippen LogP contribution in [0.25, 0.3) is 11.3 Å². The van der Waals surface area contributed by atoms with Gasteiger partial charge in [-0.15, -0.1) is 0 Å². The molecule has 0 saturated heterocycles. The number of methoxy groups -OCH3 is 1. The van der Waals surface area contributed by atoms with E-state index in [1.807, 2.05) is 12.1 Å². The summed E-state index contributed by atoms with van der Waals surface area (Å²) in [5.41, 5.74) is 5.16. The molecule has 0 saturated carbocycles. The van der Waals surface area contributed by atoms with E-state index in [4.69, 9.17) is 4.74 Å². The number of H-pyrrole nitrogens is 1. The maximum Gasteiger partial charge on any atom is 0.118 e. The summed E-state index contributed by atoms with van der Waals surface area (Å²) in [4.78, 5) is 3.48. The third-order valence-electron chi connectivity index (χ3n) is 3.27. The van der Waals surface area contributed by atoms with Crippen molar-refractivity contribution in [3.8, 4) is 17.0 Å². The van der Waals surface area contributed by atoms with Crippen molar-refractivity contribution < 1.29 is 4.74 Å². The van der Waals surface area contributed by atoms with Crippen LogP contribution in [0, 0.1) is 0 Å². The molecule has 0 spiro atoms. The van der Waals surface area contributed by atoms with Gasteiger partial charge in [-0.05, 0) is 54.4 Å². The zero-order chi connectivity index (χ0) is 11.7. The fraction of sp³-hybridized carbons (Fsp3) is 0.286. The van der Waals surface area contributed by atoms with Crippen molar-refractivity contribution in [3.63, 3.8) is 0 Å². The first kappa shape index (κ1) is 10.4. The summed E-state index contributed by atoms with van der Waals surface area (Å²) in [5, 5.41) is 3.37. The minimum atomic E-state index is 0.895. The molecule has 3 nitrogen and oxygen atoms in total. The molecule has 17 heavy (non-hydrogen) atoms. The van der Waals surface area contributed by atoms with E-state index in [-0.39, 0.29) is 0 Å². The number of benzene rings is 1. The lowest BCUT2D eigenvalue weighted by atomic mass is 10.1. The molecule has 0 aliphatic carbocycles. The van der Waals surface area contributed by atoms with Gasteiger partial charge in [-0.2, -0.15) is 0 Å². The number of nitrogens with one attached hydrogen (secondary N) is 2. The maximum absolute atomic E-state index is 5.17. The van der Waals surface area contributed by atoms with Gasteiger partial charge >= 0.3 is 0 Å². The van der Waals surface area contributed by atoms with Crippen molar-refractivity contribution in [2.75, 3.05) is 13.7 Å². The van der Waals surface area contributed by atoms with Gasteiger partial charge < -0.3 is 15.0 Å². The fourth-order valence-electron chi connectivity index (χ4n) is 2.28. The SMILES string of the molecule is COc1ccc(-c2cc3c([nH]2)CNCC3)cc1. The van der Waals surface area contributed by atoms with Gasteiger partial charge in [0.25, 0.3) is 0 Å². The quantitative estimate of drug-likeness (QED) is 0.827. The van der Waals surface area contributed by atoms with Crippen LogP contribution >= 0.6 is 0 Å². The molecule has 3 rings (SSSR count). The van der Waals surface area contributed by atoms with Crippen molar-refractivity contribution in [1.82, 2.24) is 10.3 Å².